The van der Waals surface area contributed by atoms with Crippen molar-refractivity contribution in [3.8, 4) is 11.4 Å². The van der Waals surface area contributed by atoms with Crippen molar-refractivity contribution in [1.82, 2.24) is 15.0 Å². The SMILES string of the molecule is Cc1cc(-c2ccccn2)nc(NN)n1. The third kappa shape index (κ3) is 2.08. The monoisotopic (exact) mass is 201 g/mol. The Kier molecular flexibility index (Phi) is 2.55. The molecule has 0 aliphatic carbocycles. The second-order valence-corrected chi connectivity index (χ2v) is 3.08. The molecular weight excluding hydrogens is 190 g/mol. The number of nitrogen functional groups attached to an aromatic ring is 1. The van der Waals surface area contributed by atoms with Crippen molar-refractivity contribution >= 4 is 5.95 Å². The number of aromatic nitrogens is 3. The van der Waals surface area contributed by atoms with Gasteiger partial charge in [0, 0.05) is 11.9 Å². The number of aryl methyl sites for hydroxylation is 1. The molecule has 15 heavy (non-hydrogen) atoms. The fraction of sp³-hybridized carbons (Fsp3) is 0.100. The van der Waals surface area contributed by atoms with Crippen LogP contribution in [-0.4, -0.2) is 15.0 Å². The van der Waals surface area contributed by atoms with Crippen LogP contribution in [0.4, 0.5) is 5.95 Å². The smallest absolute Gasteiger partial charge is 0.237 e. The topological polar surface area (TPSA) is 76.7 Å². The van der Waals surface area contributed by atoms with Crippen LogP contribution in [0.1, 0.15) is 5.69 Å². The minimum atomic E-state index is 0.399. The lowest BCUT2D eigenvalue weighted by Gasteiger charge is -2.04. The molecule has 76 valence electrons. The van der Waals surface area contributed by atoms with E-state index in [1.807, 2.05) is 31.2 Å². The van der Waals surface area contributed by atoms with Crippen LogP contribution in [0.3, 0.4) is 0 Å². The molecule has 0 fully saturated rings. The summed E-state index contributed by atoms with van der Waals surface area (Å²) in [6, 6.07) is 7.53. The molecule has 0 aliphatic rings. The largest absolute Gasteiger partial charge is 0.292 e. The van der Waals surface area contributed by atoms with Gasteiger partial charge in [-0.2, -0.15) is 0 Å². The van der Waals surface area contributed by atoms with Gasteiger partial charge in [-0.05, 0) is 25.1 Å². The summed E-state index contributed by atoms with van der Waals surface area (Å²) in [6.07, 6.45) is 1.72. The molecule has 0 atom stereocenters. The summed E-state index contributed by atoms with van der Waals surface area (Å²) in [7, 11) is 0. The summed E-state index contributed by atoms with van der Waals surface area (Å²) < 4.78 is 0. The van der Waals surface area contributed by atoms with E-state index in [9.17, 15) is 0 Å². The van der Waals surface area contributed by atoms with Gasteiger partial charge in [0.15, 0.2) is 0 Å². The summed E-state index contributed by atoms with van der Waals surface area (Å²) in [4.78, 5) is 12.5. The van der Waals surface area contributed by atoms with Gasteiger partial charge in [0.25, 0.3) is 0 Å². The maximum absolute atomic E-state index is 5.27. The Morgan fingerprint density at radius 2 is 2.07 bits per heavy atom. The van der Waals surface area contributed by atoms with Crippen LogP contribution in [0.15, 0.2) is 30.5 Å². The molecule has 0 bridgehead atoms. The quantitative estimate of drug-likeness (QED) is 0.562. The van der Waals surface area contributed by atoms with E-state index in [0.717, 1.165) is 17.1 Å². The van der Waals surface area contributed by atoms with Gasteiger partial charge in [0.05, 0.1) is 11.4 Å². The lowest BCUT2D eigenvalue weighted by Crippen LogP contribution is -2.11. The zero-order valence-electron chi connectivity index (χ0n) is 8.31. The van der Waals surface area contributed by atoms with E-state index in [2.05, 4.69) is 20.4 Å². The highest BCUT2D eigenvalue weighted by atomic mass is 15.3. The van der Waals surface area contributed by atoms with Crippen molar-refractivity contribution < 1.29 is 0 Å². The van der Waals surface area contributed by atoms with E-state index < -0.39 is 0 Å². The van der Waals surface area contributed by atoms with Gasteiger partial charge >= 0.3 is 0 Å². The summed E-state index contributed by atoms with van der Waals surface area (Å²) in [6.45, 7) is 1.88. The van der Waals surface area contributed by atoms with Crippen LogP contribution in [0, 0.1) is 6.92 Å². The third-order valence-electron chi connectivity index (χ3n) is 1.91. The van der Waals surface area contributed by atoms with Crippen LogP contribution >= 0.6 is 0 Å². The molecule has 2 aromatic rings. The van der Waals surface area contributed by atoms with Gasteiger partial charge < -0.3 is 0 Å². The molecule has 3 N–H and O–H groups in total. The predicted octanol–water partition coefficient (Wildman–Crippen LogP) is 1.13. The van der Waals surface area contributed by atoms with Crippen molar-refractivity contribution in [3.05, 3.63) is 36.2 Å². The lowest BCUT2D eigenvalue weighted by molar-refractivity contribution is 1.07. The molecule has 2 rings (SSSR count). The van der Waals surface area contributed by atoms with Gasteiger partial charge in [-0.25, -0.2) is 15.8 Å². The predicted molar refractivity (Wildman–Crippen MR) is 57.8 cm³/mol. The highest BCUT2D eigenvalue weighted by molar-refractivity contribution is 5.55. The number of nitrogens with one attached hydrogen (secondary N) is 1. The van der Waals surface area contributed by atoms with Crippen molar-refractivity contribution in [3.63, 3.8) is 0 Å². The second kappa shape index (κ2) is 4.02. The van der Waals surface area contributed by atoms with Crippen molar-refractivity contribution in [2.45, 2.75) is 6.92 Å². The fourth-order valence-electron chi connectivity index (χ4n) is 1.28. The lowest BCUT2D eigenvalue weighted by atomic mass is 10.2. The number of hydrazine groups is 1. The summed E-state index contributed by atoms with van der Waals surface area (Å²) in [5.74, 6) is 5.67. The molecule has 0 aliphatic heterocycles. The van der Waals surface area contributed by atoms with Crippen molar-refractivity contribution in [2.24, 2.45) is 5.84 Å². The van der Waals surface area contributed by atoms with Crippen LogP contribution in [-0.2, 0) is 0 Å². The van der Waals surface area contributed by atoms with E-state index >= 15 is 0 Å². The highest BCUT2D eigenvalue weighted by Crippen LogP contribution is 2.15. The molecular formula is C10H11N5. The maximum atomic E-state index is 5.27. The Bertz CT molecular complexity index is 455. The van der Waals surface area contributed by atoms with Crippen LogP contribution < -0.4 is 11.3 Å². The zero-order valence-corrected chi connectivity index (χ0v) is 8.31. The first kappa shape index (κ1) is 9.54. The molecule has 5 nitrogen and oxygen atoms in total. The molecule has 5 heteroatoms. The molecule has 2 aromatic heterocycles. The fourth-order valence-corrected chi connectivity index (χ4v) is 1.28. The first-order valence-corrected chi connectivity index (χ1v) is 4.53. The Labute approximate surface area is 87.4 Å². The Hall–Kier alpha value is -2.01. The first-order chi connectivity index (χ1) is 7.29. The number of hydrogen-bond acceptors (Lipinski definition) is 5. The normalized spacial score (nSPS) is 10.0. The summed E-state index contributed by atoms with van der Waals surface area (Å²) in [5, 5.41) is 0. The first-order valence-electron chi connectivity index (χ1n) is 4.53. The number of rotatable bonds is 2. The van der Waals surface area contributed by atoms with Gasteiger partial charge in [-0.15, -0.1) is 0 Å². The van der Waals surface area contributed by atoms with Crippen LogP contribution in [0.25, 0.3) is 11.4 Å². The van der Waals surface area contributed by atoms with E-state index in [1.54, 1.807) is 6.20 Å². The average Bonchev–Trinajstić information content (AvgIpc) is 2.29. The van der Waals surface area contributed by atoms with Gasteiger partial charge in [-0.1, -0.05) is 6.07 Å². The number of anilines is 1. The van der Waals surface area contributed by atoms with Crippen molar-refractivity contribution in [2.75, 3.05) is 5.43 Å². The Balaban J connectivity index is 2.49. The van der Waals surface area contributed by atoms with Crippen molar-refractivity contribution in [1.29, 1.82) is 0 Å². The summed E-state index contributed by atoms with van der Waals surface area (Å²) >= 11 is 0. The molecule has 0 aromatic carbocycles. The van der Waals surface area contributed by atoms with Gasteiger partial charge in [-0.3, -0.25) is 10.4 Å². The van der Waals surface area contributed by atoms with Crippen LogP contribution in [0.2, 0.25) is 0 Å². The van der Waals surface area contributed by atoms with E-state index in [0.29, 0.717) is 5.95 Å². The minimum absolute atomic E-state index is 0.399. The number of pyridine rings is 1. The standard InChI is InChI=1S/C10H11N5/c1-7-6-9(14-10(13-7)15-11)8-4-2-3-5-12-8/h2-6H,11H2,1H3,(H,13,14,15). The molecule has 0 unspecified atom stereocenters. The van der Waals surface area contributed by atoms with Gasteiger partial charge in [0.1, 0.15) is 0 Å². The Morgan fingerprint density at radius 3 is 2.73 bits per heavy atom. The molecule has 2 heterocycles. The third-order valence-corrected chi connectivity index (χ3v) is 1.91. The van der Waals surface area contributed by atoms with Gasteiger partial charge in [0.2, 0.25) is 5.95 Å². The van der Waals surface area contributed by atoms with E-state index in [1.165, 1.54) is 0 Å². The zero-order chi connectivity index (χ0) is 10.7. The molecule has 0 amide bonds. The molecule has 0 spiro atoms. The molecule has 0 saturated heterocycles. The van der Waals surface area contributed by atoms with E-state index in [-0.39, 0.29) is 0 Å². The average molecular weight is 201 g/mol. The minimum Gasteiger partial charge on any atom is -0.292 e. The number of hydrogen-bond donors (Lipinski definition) is 2. The summed E-state index contributed by atoms with van der Waals surface area (Å²) in [5.41, 5.74) is 4.84. The van der Waals surface area contributed by atoms with Crippen LogP contribution in [0.5, 0.6) is 0 Å². The maximum Gasteiger partial charge on any atom is 0.237 e. The highest BCUT2D eigenvalue weighted by Gasteiger charge is 2.03. The second-order valence-electron chi connectivity index (χ2n) is 3.08. The number of nitrogens with two attached hydrogens (primary N) is 1. The van der Waals surface area contributed by atoms with E-state index in [4.69, 9.17) is 5.84 Å². The molecule has 0 saturated carbocycles. The Morgan fingerprint density at radius 1 is 1.20 bits per heavy atom. The molecule has 0 radical (unpaired) electrons. The number of nitrogens with zero attached hydrogens (tertiary/aromatic N) is 3.